The van der Waals surface area contributed by atoms with E-state index < -0.39 is 0 Å². The summed E-state index contributed by atoms with van der Waals surface area (Å²) < 4.78 is 5.78. The van der Waals surface area contributed by atoms with E-state index >= 15 is 0 Å². The molecule has 21 heavy (non-hydrogen) atoms. The molecule has 1 atom stereocenters. The number of likely N-dealkylation sites (tertiary alicyclic amines) is 1. The Balaban J connectivity index is 1.58. The highest BCUT2D eigenvalue weighted by Gasteiger charge is 2.19. The van der Waals surface area contributed by atoms with E-state index in [1.165, 1.54) is 11.1 Å². The van der Waals surface area contributed by atoms with Gasteiger partial charge in [-0.1, -0.05) is 42.5 Å². The second-order valence-electron chi connectivity index (χ2n) is 5.60. The van der Waals surface area contributed by atoms with Gasteiger partial charge in [-0.15, -0.1) is 0 Å². The Bertz CT molecular complexity index is 570. The number of hydrogen-bond acceptors (Lipinski definition) is 3. The lowest BCUT2D eigenvalue weighted by atomic mass is 10.1. The maximum atomic E-state index is 9.58. The maximum Gasteiger partial charge on any atom is 0.119 e. The van der Waals surface area contributed by atoms with Crippen molar-refractivity contribution in [3.05, 3.63) is 65.7 Å². The molecule has 1 N–H and O–H groups in total. The Morgan fingerprint density at radius 2 is 1.86 bits per heavy atom. The first-order valence-electron chi connectivity index (χ1n) is 7.46. The Kier molecular flexibility index (Phi) is 4.53. The van der Waals surface area contributed by atoms with Crippen molar-refractivity contribution in [2.75, 3.05) is 13.1 Å². The molecule has 0 aromatic heterocycles. The molecule has 0 bridgehead atoms. The van der Waals surface area contributed by atoms with E-state index in [4.69, 9.17) is 4.74 Å². The van der Waals surface area contributed by atoms with Crippen LogP contribution in [-0.4, -0.2) is 29.2 Å². The van der Waals surface area contributed by atoms with Gasteiger partial charge in [0, 0.05) is 19.6 Å². The minimum Gasteiger partial charge on any atom is -0.489 e. The van der Waals surface area contributed by atoms with E-state index in [0.717, 1.165) is 31.8 Å². The third-order valence-electron chi connectivity index (χ3n) is 3.79. The minimum atomic E-state index is -0.158. The van der Waals surface area contributed by atoms with Crippen LogP contribution >= 0.6 is 0 Å². The molecule has 3 rings (SSSR count). The van der Waals surface area contributed by atoms with Gasteiger partial charge in [-0.05, 0) is 29.7 Å². The molecule has 1 unspecified atom stereocenters. The quantitative estimate of drug-likeness (QED) is 0.916. The van der Waals surface area contributed by atoms with Crippen LogP contribution in [0.4, 0.5) is 0 Å². The fourth-order valence-corrected chi connectivity index (χ4v) is 2.72. The molecule has 1 heterocycles. The zero-order valence-corrected chi connectivity index (χ0v) is 12.1. The summed E-state index contributed by atoms with van der Waals surface area (Å²) in [6.07, 6.45) is 0.728. The third kappa shape index (κ3) is 4.06. The van der Waals surface area contributed by atoms with Crippen LogP contribution in [0.2, 0.25) is 0 Å². The predicted octanol–water partition coefficient (Wildman–Crippen LogP) is 2.83. The lowest BCUT2D eigenvalue weighted by molar-refractivity contribution is 0.175. The van der Waals surface area contributed by atoms with Crippen LogP contribution in [0.25, 0.3) is 0 Å². The van der Waals surface area contributed by atoms with E-state index in [1.54, 1.807) is 0 Å². The van der Waals surface area contributed by atoms with Gasteiger partial charge < -0.3 is 9.84 Å². The number of aliphatic hydroxyl groups excluding tert-OH is 1. The van der Waals surface area contributed by atoms with Gasteiger partial charge in [0.15, 0.2) is 0 Å². The molecular weight excluding hydrogens is 262 g/mol. The van der Waals surface area contributed by atoms with Crippen LogP contribution in [0.15, 0.2) is 54.6 Å². The van der Waals surface area contributed by atoms with Crippen LogP contribution in [0.5, 0.6) is 5.75 Å². The summed E-state index contributed by atoms with van der Waals surface area (Å²) in [5, 5.41) is 9.58. The predicted molar refractivity (Wildman–Crippen MR) is 83.1 cm³/mol. The van der Waals surface area contributed by atoms with Crippen LogP contribution in [0, 0.1) is 0 Å². The topological polar surface area (TPSA) is 32.7 Å². The fraction of sp³-hybridized carbons (Fsp3) is 0.333. The summed E-state index contributed by atoms with van der Waals surface area (Å²) >= 11 is 0. The lowest BCUT2D eigenvalue weighted by Crippen LogP contribution is -2.21. The highest BCUT2D eigenvalue weighted by molar-refractivity contribution is 5.25. The molecule has 3 nitrogen and oxygen atoms in total. The summed E-state index contributed by atoms with van der Waals surface area (Å²) in [7, 11) is 0. The van der Waals surface area contributed by atoms with Gasteiger partial charge in [0.2, 0.25) is 0 Å². The van der Waals surface area contributed by atoms with Crippen molar-refractivity contribution in [2.45, 2.75) is 25.7 Å². The maximum absolute atomic E-state index is 9.58. The number of β-amino-alcohol motifs (C(OH)–C–C–N with tert-alkyl or cyclic N) is 1. The summed E-state index contributed by atoms with van der Waals surface area (Å²) in [5.41, 5.74) is 2.45. The number of ether oxygens (including phenoxy) is 1. The largest absolute Gasteiger partial charge is 0.489 e. The van der Waals surface area contributed by atoms with Crippen molar-refractivity contribution in [1.82, 2.24) is 4.90 Å². The van der Waals surface area contributed by atoms with Crippen LogP contribution < -0.4 is 4.74 Å². The van der Waals surface area contributed by atoms with Crippen molar-refractivity contribution < 1.29 is 9.84 Å². The van der Waals surface area contributed by atoms with Crippen LogP contribution in [0.1, 0.15) is 17.5 Å². The van der Waals surface area contributed by atoms with E-state index in [2.05, 4.69) is 29.2 Å². The molecule has 2 aromatic carbocycles. The van der Waals surface area contributed by atoms with E-state index in [-0.39, 0.29) is 6.10 Å². The lowest BCUT2D eigenvalue weighted by Gasteiger charge is -2.15. The van der Waals surface area contributed by atoms with Gasteiger partial charge in [0.05, 0.1) is 6.10 Å². The van der Waals surface area contributed by atoms with Crippen molar-refractivity contribution in [1.29, 1.82) is 0 Å². The molecule has 2 aromatic rings. The van der Waals surface area contributed by atoms with Crippen molar-refractivity contribution in [2.24, 2.45) is 0 Å². The number of rotatable bonds is 5. The molecule has 0 saturated carbocycles. The number of para-hydroxylation sites is 1. The smallest absolute Gasteiger partial charge is 0.119 e. The molecule has 0 aliphatic carbocycles. The molecule has 1 fully saturated rings. The molecular formula is C18H21NO2. The Morgan fingerprint density at radius 3 is 2.62 bits per heavy atom. The van der Waals surface area contributed by atoms with Gasteiger partial charge in [-0.2, -0.15) is 0 Å². The standard InChI is InChI=1S/C18H21NO2/c20-17-9-10-19(13-17)12-15-5-4-6-16(11-15)14-21-18-7-2-1-3-8-18/h1-8,11,17,20H,9-10,12-14H2. The third-order valence-corrected chi connectivity index (χ3v) is 3.79. The van der Waals surface area contributed by atoms with Gasteiger partial charge in [-0.3, -0.25) is 4.90 Å². The molecule has 0 spiro atoms. The van der Waals surface area contributed by atoms with Crippen molar-refractivity contribution in [3.8, 4) is 5.75 Å². The normalized spacial score (nSPS) is 18.8. The minimum absolute atomic E-state index is 0.158. The highest BCUT2D eigenvalue weighted by atomic mass is 16.5. The summed E-state index contributed by atoms with van der Waals surface area (Å²) in [6.45, 7) is 3.24. The van der Waals surface area contributed by atoms with Crippen molar-refractivity contribution >= 4 is 0 Å². The molecule has 0 amide bonds. The zero-order valence-electron chi connectivity index (χ0n) is 12.1. The first-order chi connectivity index (χ1) is 10.3. The van der Waals surface area contributed by atoms with Gasteiger partial charge in [0.25, 0.3) is 0 Å². The molecule has 3 heteroatoms. The summed E-state index contributed by atoms with van der Waals surface area (Å²) in [4.78, 5) is 2.29. The van der Waals surface area contributed by atoms with Gasteiger partial charge >= 0.3 is 0 Å². The first-order valence-corrected chi connectivity index (χ1v) is 7.46. The molecule has 0 radical (unpaired) electrons. The van der Waals surface area contributed by atoms with E-state index in [1.807, 2.05) is 30.3 Å². The zero-order chi connectivity index (χ0) is 14.5. The number of nitrogens with zero attached hydrogens (tertiary/aromatic N) is 1. The number of aliphatic hydroxyl groups is 1. The van der Waals surface area contributed by atoms with E-state index in [0.29, 0.717) is 6.61 Å². The van der Waals surface area contributed by atoms with Gasteiger partial charge in [-0.25, -0.2) is 0 Å². The monoisotopic (exact) mass is 283 g/mol. The van der Waals surface area contributed by atoms with Crippen LogP contribution in [-0.2, 0) is 13.2 Å². The fourth-order valence-electron chi connectivity index (χ4n) is 2.72. The Morgan fingerprint density at radius 1 is 1.05 bits per heavy atom. The first kappa shape index (κ1) is 14.1. The summed E-state index contributed by atoms with van der Waals surface area (Å²) in [5.74, 6) is 0.894. The Labute approximate surface area is 125 Å². The molecule has 110 valence electrons. The SMILES string of the molecule is OC1CCN(Cc2cccc(COc3ccccc3)c2)C1. The Hall–Kier alpha value is -1.84. The average molecular weight is 283 g/mol. The van der Waals surface area contributed by atoms with Crippen LogP contribution in [0.3, 0.4) is 0 Å². The molecule has 1 aliphatic rings. The number of benzene rings is 2. The summed E-state index contributed by atoms with van der Waals surface area (Å²) in [6, 6.07) is 18.4. The average Bonchev–Trinajstić information content (AvgIpc) is 2.92. The van der Waals surface area contributed by atoms with E-state index in [9.17, 15) is 5.11 Å². The number of hydrogen-bond donors (Lipinski definition) is 1. The van der Waals surface area contributed by atoms with Gasteiger partial charge in [0.1, 0.15) is 12.4 Å². The molecule has 1 saturated heterocycles. The second kappa shape index (κ2) is 6.74. The van der Waals surface area contributed by atoms with Crippen molar-refractivity contribution in [3.63, 3.8) is 0 Å². The second-order valence-corrected chi connectivity index (χ2v) is 5.60. The highest BCUT2D eigenvalue weighted by Crippen LogP contribution is 2.16. The molecule has 1 aliphatic heterocycles.